The third-order valence-corrected chi connectivity index (χ3v) is 3.73. The van der Waals surface area contributed by atoms with Gasteiger partial charge in [0.15, 0.2) is 11.5 Å². The fourth-order valence-electron chi connectivity index (χ4n) is 2.38. The van der Waals surface area contributed by atoms with Gasteiger partial charge >= 0.3 is 0 Å². The monoisotopic (exact) mass is 300 g/mol. The normalized spacial score (nSPS) is 16.5. The SMILES string of the molecule is COc1ccc(N)cc1OCCN1CCC(C)CC1.Cl. The van der Waals surface area contributed by atoms with E-state index in [1.54, 1.807) is 7.11 Å². The molecule has 0 aliphatic carbocycles. The first kappa shape index (κ1) is 16.9. The lowest BCUT2D eigenvalue weighted by Gasteiger charge is -2.30. The fourth-order valence-corrected chi connectivity index (χ4v) is 2.38. The molecule has 0 amide bonds. The quantitative estimate of drug-likeness (QED) is 0.850. The van der Waals surface area contributed by atoms with Gasteiger partial charge in [0.2, 0.25) is 0 Å². The van der Waals surface area contributed by atoms with Gasteiger partial charge in [-0.2, -0.15) is 0 Å². The fraction of sp³-hybridized carbons (Fsp3) is 0.600. The van der Waals surface area contributed by atoms with E-state index in [1.807, 2.05) is 18.2 Å². The number of nitrogens with zero attached hydrogens (tertiary/aromatic N) is 1. The minimum atomic E-state index is 0. The summed E-state index contributed by atoms with van der Waals surface area (Å²) in [6, 6.07) is 5.47. The molecule has 0 aromatic heterocycles. The molecule has 0 bridgehead atoms. The van der Waals surface area contributed by atoms with Gasteiger partial charge in [-0.25, -0.2) is 0 Å². The van der Waals surface area contributed by atoms with Crippen molar-refractivity contribution in [2.24, 2.45) is 5.92 Å². The minimum Gasteiger partial charge on any atom is -0.493 e. The van der Waals surface area contributed by atoms with Crippen LogP contribution in [0.5, 0.6) is 11.5 Å². The summed E-state index contributed by atoms with van der Waals surface area (Å²) in [6.07, 6.45) is 2.59. The van der Waals surface area contributed by atoms with E-state index in [9.17, 15) is 0 Å². The number of halogens is 1. The molecule has 5 heteroatoms. The summed E-state index contributed by atoms with van der Waals surface area (Å²) in [6.45, 7) is 6.32. The van der Waals surface area contributed by atoms with Crippen molar-refractivity contribution in [3.63, 3.8) is 0 Å². The highest BCUT2D eigenvalue weighted by Gasteiger charge is 2.15. The topological polar surface area (TPSA) is 47.7 Å². The second kappa shape index (κ2) is 8.22. The number of ether oxygens (including phenoxy) is 2. The molecule has 1 aliphatic heterocycles. The molecule has 114 valence electrons. The van der Waals surface area contributed by atoms with Crippen molar-refractivity contribution >= 4 is 18.1 Å². The highest BCUT2D eigenvalue weighted by molar-refractivity contribution is 5.85. The predicted octanol–water partition coefficient (Wildman–Crippen LogP) is 2.81. The number of likely N-dealkylation sites (tertiary alicyclic amines) is 1. The number of rotatable bonds is 5. The lowest BCUT2D eigenvalue weighted by atomic mass is 9.99. The Kier molecular flexibility index (Phi) is 6.96. The third-order valence-electron chi connectivity index (χ3n) is 3.73. The van der Waals surface area contributed by atoms with Crippen LogP contribution in [0.25, 0.3) is 0 Å². The van der Waals surface area contributed by atoms with E-state index >= 15 is 0 Å². The van der Waals surface area contributed by atoms with E-state index in [2.05, 4.69) is 11.8 Å². The first-order chi connectivity index (χ1) is 9.19. The summed E-state index contributed by atoms with van der Waals surface area (Å²) in [5.41, 5.74) is 6.46. The van der Waals surface area contributed by atoms with Gasteiger partial charge in [0.1, 0.15) is 6.61 Å². The molecular formula is C15H25ClN2O2. The van der Waals surface area contributed by atoms with Crippen LogP contribution in [0.3, 0.4) is 0 Å². The van der Waals surface area contributed by atoms with Gasteiger partial charge < -0.3 is 15.2 Å². The molecule has 0 spiro atoms. The van der Waals surface area contributed by atoms with E-state index in [4.69, 9.17) is 15.2 Å². The highest BCUT2D eigenvalue weighted by Crippen LogP contribution is 2.29. The summed E-state index contributed by atoms with van der Waals surface area (Å²) in [5, 5.41) is 0. The van der Waals surface area contributed by atoms with Crippen molar-refractivity contribution in [2.45, 2.75) is 19.8 Å². The second-order valence-electron chi connectivity index (χ2n) is 5.28. The first-order valence-electron chi connectivity index (χ1n) is 6.97. The molecule has 2 rings (SSSR count). The van der Waals surface area contributed by atoms with Crippen LogP contribution >= 0.6 is 12.4 Å². The Morgan fingerprint density at radius 1 is 1.25 bits per heavy atom. The minimum absolute atomic E-state index is 0. The number of anilines is 1. The van der Waals surface area contributed by atoms with Crippen molar-refractivity contribution in [2.75, 3.05) is 39.1 Å². The van der Waals surface area contributed by atoms with E-state index in [1.165, 1.54) is 25.9 Å². The van der Waals surface area contributed by atoms with Crippen LogP contribution in [0.15, 0.2) is 18.2 Å². The van der Waals surface area contributed by atoms with Gasteiger partial charge in [0.05, 0.1) is 7.11 Å². The van der Waals surface area contributed by atoms with Crippen LogP contribution in [0.2, 0.25) is 0 Å². The molecule has 1 aromatic carbocycles. The van der Waals surface area contributed by atoms with Gasteiger partial charge in [-0.3, -0.25) is 4.90 Å². The molecule has 0 unspecified atom stereocenters. The Labute approximate surface area is 127 Å². The largest absolute Gasteiger partial charge is 0.493 e. The molecule has 1 aliphatic rings. The van der Waals surface area contributed by atoms with Gasteiger partial charge in [0.25, 0.3) is 0 Å². The lowest BCUT2D eigenvalue weighted by molar-refractivity contribution is 0.159. The molecule has 1 heterocycles. The van der Waals surface area contributed by atoms with Crippen molar-refractivity contribution in [1.29, 1.82) is 0 Å². The zero-order chi connectivity index (χ0) is 13.7. The predicted molar refractivity (Wildman–Crippen MR) is 85.0 cm³/mol. The number of piperidine rings is 1. The maximum atomic E-state index is 5.79. The number of benzene rings is 1. The molecule has 1 aromatic rings. The van der Waals surface area contributed by atoms with Crippen molar-refractivity contribution in [1.82, 2.24) is 4.90 Å². The van der Waals surface area contributed by atoms with Crippen molar-refractivity contribution < 1.29 is 9.47 Å². The summed E-state index contributed by atoms with van der Waals surface area (Å²) in [4.78, 5) is 2.46. The maximum absolute atomic E-state index is 5.79. The standard InChI is InChI=1S/C15H24N2O2.ClH/c1-12-5-7-17(8-6-12)9-10-19-15-11-13(16)3-4-14(15)18-2;/h3-4,11-12H,5-10,16H2,1-2H3;1H. The Balaban J connectivity index is 0.00000200. The lowest BCUT2D eigenvalue weighted by Crippen LogP contribution is -2.35. The van der Waals surface area contributed by atoms with E-state index in [-0.39, 0.29) is 12.4 Å². The Morgan fingerprint density at radius 3 is 2.60 bits per heavy atom. The molecule has 2 N–H and O–H groups in total. The van der Waals surface area contributed by atoms with E-state index < -0.39 is 0 Å². The molecule has 0 radical (unpaired) electrons. The first-order valence-corrected chi connectivity index (χ1v) is 6.97. The van der Waals surface area contributed by atoms with Crippen LogP contribution in [0, 0.1) is 5.92 Å². The zero-order valence-electron chi connectivity index (χ0n) is 12.3. The number of nitrogens with two attached hydrogens (primary N) is 1. The van der Waals surface area contributed by atoms with E-state index in [0.717, 1.165) is 24.0 Å². The smallest absolute Gasteiger partial charge is 0.163 e. The average molecular weight is 301 g/mol. The molecular weight excluding hydrogens is 276 g/mol. The summed E-state index contributed by atoms with van der Waals surface area (Å²) in [5.74, 6) is 2.33. The second-order valence-corrected chi connectivity index (χ2v) is 5.28. The Morgan fingerprint density at radius 2 is 1.95 bits per heavy atom. The summed E-state index contributed by atoms with van der Waals surface area (Å²) >= 11 is 0. The molecule has 0 atom stereocenters. The zero-order valence-corrected chi connectivity index (χ0v) is 13.1. The summed E-state index contributed by atoms with van der Waals surface area (Å²) < 4.78 is 11.1. The van der Waals surface area contributed by atoms with Crippen LogP contribution in [-0.4, -0.2) is 38.3 Å². The average Bonchev–Trinajstić information content (AvgIpc) is 2.41. The van der Waals surface area contributed by atoms with Crippen LogP contribution < -0.4 is 15.2 Å². The molecule has 1 fully saturated rings. The van der Waals surface area contributed by atoms with Gasteiger partial charge in [-0.15, -0.1) is 12.4 Å². The Bertz CT molecular complexity index is 407. The van der Waals surface area contributed by atoms with Gasteiger partial charge in [-0.05, 0) is 44.0 Å². The van der Waals surface area contributed by atoms with Gasteiger partial charge in [0, 0.05) is 18.3 Å². The highest BCUT2D eigenvalue weighted by atomic mass is 35.5. The van der Waals surface area contributed by atoms with E-state index in [0.29, 0.717) is 12.3 Å². The molecule has 4 nitrogen and oxygen atoms in total. The van der Waals surface area contributed by atoms with Crippen LogP contribution in [-0.2, 0) is 0 Å². The van der Waals surface area contributed by atoms with Gasteiger partial charge in [-0.1, -0.05) is 6.92 Å². The maximum Gasteiger partial charge on any atom is 0.163 e. The molecule has 0 saturated carbocycles. The van der Waals surface area contributed by atoms with Crippen molar-refractivity contribution in [3.05, 3.63) is 18.2 Å². The number of hydrogen-bond acceptors (Lipinski definition) is 4. The number of methoxy groups -OCH3 is 1. The molecule has 1 saturated heterocycles. The third kappa shape index (κ3) is 4.76. The summed E-state index contributed by atoms with van der Waals surface area (Å²) in [7, 11) is 1.64. The number of nitrogen functional groups attached to an aromatic ring is 1. The Hall–Kier alpha value is -1.13. The molecule has 20 heavy (non-hydrogen) atoms. The number of hydrogen-bond donors (Lipinski definition) is 1. The van der Waals surface area contributed by atoms with Crippen molar-refractivity contribution in [3.8, 4) is 11.5 Å². The van der Waals surface area contributed by atoms with Crippen LogP contribution in [0.1, 0.15) is 19.8 Å². The van der Waals surface area contributed by atoms with Crippen LogP contribution in [0.4, 0.5) is 5.69 Å².